The largest absolute Gasteiger partial charge is 0.857 e. The Hall–Kier alpha value is -0.610. The van der Waals surface area contributed by atoms with Crippen molar-refractivity contribution in [3.63, 3.8) is 0 Å². The van der Waals surface area contributed by atoms with Gasteiger partial charge in [-0.2, -0.15) is 7.11 Å². The van der Waals surface area contributed by atoms with E-state index in [2.05, 4.69) is 26.1 Å². The number of hydrogen-bond donors (Lipinski definition) is 0. The van der Waals surface area contributed by atoms with Crippen LogP contribution in [0.4, 0.5) is 0 Å². The quantitative estimate of drug-likeness (QED) is 0.275. The van der Waals surface area contributed by atoms with Gasteiger partial charge in [0.2, 0.25) is 0 Å². The summed E-state index contributed by atoms with van der Waals surface area (Å²) in [6.07, 6.45) is 0. The smallest absolute Gasteiger partial charge is 0.298 e. The van der Waals surface area contributed by atoms with Crippen molar-refractivity contribution in [2.75, 3.05) is 49.4 Å². The molecule has 4 heteroatoms. The molecule has 0 saturated heterocycles. The van der Waals surface area contributed by atoms with Crippen LogP contribution in [0.2, 0.25) is 0 Å². The summed E-state index contributed by atoms with van der Waals surface area (Å²) in [5.41, 5.74) is 0. The van der Waals surface area contributed by atoms with E-state index < -0.39 is 0 Å². The Morgan fingerprint density at radius 1 is 1.17 bits per heavy atom. The molecule has 0 aliphatic carbocycles. The average Bonchev–Trinajstić information content (AvgIpc) is 1.89. The molecule has 0 radical (unpaired) electrons. The fourth-order valence-corrected chi connectivity index (χ4v) is 1.10. The standard InChI is InChI=1S/C7H18N3.CH3O/c1-8-7(9(2)3)10(4,5)6;1-2/h1-6H3;1H3/q+1;-1. The summed E-state index contributed by atoms with van der Waals surface area (Å²) in [4.78, 5) is 6.20. The molecule has 74 valence electrons. The van der Waals surface area contributed by atoms with Gasteiger partial charge in [-0.15, -0.1) is 0 Å². The highest BCUT2D eigenvalue weighted by Gasteiger charge is 2.18. The number of quaternary nitrogens is 1. The van der Waals surface area contributed by atoms with Gasteiger partial charge in [0.15, 0.2) is 0 Å². The summed E-state index contributed by atoms with van der Waals surface area (Å²) in [5.74, 6) is 1.07. The predicted octanol–water partition coefficient (Wildman–Crippen LogP) is -0.783. The van der Waals surface area contributed by atoms with Gasteiger partial charge < -0.3 is 10.0 Å². The van der Waals surface area contributed by atoms with Gasteiger partial charge in [0.25, 0.3) is 5.96 Å². The zero-order chi connectivity index (χ0) is 10.4. The van der Waals surface area contributed by atoms with Crippen molar-refractivity contribution in [3.05, 3.63) is 0 Å². The van der Waals surface area contributed by atoms with Gasteiger partial charge in [-0.05, 0) is 0 Å². The van der Waals surface area contributed by atoms with Crippen molar-refractivity contribution in [1.29, 1.82) is 0 Å². The van der Waals surface area contributed by atoms with Crippen LogP contribution in [-0.4, -0.2) is 64.7 Å². The van der Waals surface area contributed by atoms with E-state index in [0.29, 0.717) is 0 Å². The molecule has 0 aliphatic heterocycles. The topological polar surface area (TPSA) is 38.7 Å². The van der Waals surface area contributed by atoms with Crippen LogP contribution in [0, 0.1) is 0 Å². The van der Waals surface area contributed by atoms with E-state index in [0.717, 1.165) is 17.6 Å². The van der Waals surface area contributed by atoms with E-state index in [9.17, 15) is 0 Å². The molecule has 12 heavy (non-hydrogen) atoms. The third-order valence-corrected chi connectivity index (χ3v) is 1.20. The summed E-state index contributed by atoms with van der Waals surface area (Å²) in [6, 6.07) is 0. The van der Waals surface area contributed by atoms with Crippen LogP contribution >= 0.6 is 0 Å². The van der Waals surface area contributed by atoms with Gasteiger partial charge in [0.1, 0.15) is 0 Å². The number of hydrogen-bond acceptors (Lipinski definition) is 2. The average molecular weight is 175 g/mol. The number of rotatable bonds is 0. The lowest BCUT2D eigenvalue weighted by Gasteiger charge is -2.28. The highest BCUT2D eigenvalue weighted by Crippen LogP contribution is 1.96. The van der Waals surface area contributed by atoms with E-state index in [1.807, 2.05) is 26.0 Å². The van der Waals surface area contributed by atoms with Crippen LogP contribution in [-0.2, 0) is 0 Å². The number of guanidine groups is 1. The molecule has 0 aromatic heterocycles. The molecule has 0 atom stereocenters. The molecular formula is C8H21N3O. The first-order valence-electron chi connectivity index (χ1n) is 3.76. The minimum Gasteiger partial charge on any atom is -0.857 e. The third-order valence-electron chi connectivity index (χ3n) is 1.20. The Balaban J connectivity index is 0. The van der Waals surface area contributed by atoms with Gasteiger partial charge >= 0.3 is 0 Å². The first-order chi connectivity index (χ1) is 5.39. The monoisotopic (exact) mass is 175 g/mol. The van der Waals surface area contributed by atoms with Gasteiger partial charge in [0.05, 0.1) is 21.1 Å². The van der Waals surface area contributed by atoms with Crippen LogP contribution in [0.3, 0.4) is 0 Å². The van der Waals surface area contributed by atoms with Gasteiger partial charge in [-0.3, -0.25) is 4.48 Å². The lowest BCUT2D eigenvalue weighted by molar-refractivity contribution is -0.782. The Labute approximate surface area is 75.7 Å². The second-order valence-corrected chi connectivity index (χ2v) is 3.43. The molecule has 0 aromatic carbocycles. The van der Waals surface area contributed by atoms with E-state index in [1.165, 1.54) is 0 Å². The summed E-state index contributed by atoms with van der Waals surface area (Å²) < 4.78 is 0.767. The predicted molar refractivity (Wildman–Crippen MR) is 51.0 cm³/mol. The summed E-state index contributed by atoms with van der Waals surface area (Å²) in [7, 11) is 12.9. The van der Waals surface area contributed by atoms with Crippen molar-refractivity contribution in [2.24, 2.45) is 4.99 Å². The van der Waals surface area contributed by atoms with Gasteiger partial charge in [-0.25, -0.2) is 4.99 Å². The molecule has 0 aromatic rings. The minimum atomic E-state index is 0.750. The maximum absolute atomic E-state index is 8.25. The van der Waals surface area contributed by atoms with Crippen molar-refractivity contribution in [3.8, 4) is 0 Å². The Kier molecular flexibility index (Phi) is 6.94. The van der Waals surface area contributed by atoms with Crippen molar-refractivity contribution in [2.45, 2.75) is 0 Å². The van der Waals surface area contributed by atoms with Gasteiger partial charge in [0, 0.05) is 21.1 Å². The molecule has 0 rings (SSSR count). The van der Waals surface area contributed by atoms with Crippen LogP contribution in [0.25, 0.3) is 0 Å². The van der Waals surface area contributed by atoms with E-state index in [-0.39, 0.29) is 0 Å². The van der Waals surface area contributed by atoms with Crippen LogP contribution in [0.15, 0.2) is 4.99 Å². The van der Waals surface area contributed by atoms with Crippen molar-refractivity contribution in [1.82, 2.24) is 4.90 Å². The van der Waals surface area contributed by atoms with Gasteiger partial charge in [-0.1, -0.05) is 0 Å². The second kappa shape index (κ2) is 5.97. The molecule has 0 heterocycles. The molecule has 0 unspecified atom stereocenters. The molecule has 0 bridgehead atoms. The summed E-state index contributed by atoms with van der Waals surface area (Å²) in [5, 5.41) is 8.25. The molecule has 0 amide bonds. The zero-order valence-corrected chi connectivity index (χ0v) is 9.25. The SMILES string of the molecule is CN=C(N(C)C)[N+](C)(C)C.C[O-]. The van der Waals surface area contributed by atoms with Crippen molar-refractivity contribution >= 4 is 5.96 Å². The minimum absolute atomic E-state index is 0.750. The fourth-order valence-electron chi connectivity index (χ4n) is 1.10. The first-order valence-corrected chi connectivity index (χ1v) is 3.76. The van der Waals surface area contributed by atoms with Crippen LogP contribution < -0.4 is 5.11 Å². The van der Waals surface area contributed by atoms with Crippen LogP contribution in [0.1, 0.15) is 0 Å². The Morgan fingerprint density at radius 2 is 1.50 bits per heavy atom. The number of nitrogens with zero attached hydrogens (tertiary/aromatic N) is 3. The molecular weight excluding hydrogens is 154 g/mol. The molecule has 0 spiro atoms. The molecule has 0 fully saturated rings. The lowest BCUT2D eigenvalue weighted by atomic mass is 10.6. The molecule has 0 saturated carbocycles. The molecule has 0 aliphatic rings. The second-order valence-electron chi connectivity index (χ2n) is 3.43. The molecule has 4 nitrogen and oxygen atoms in total. The highest BCUT2D eigenvalue weighted by atomic mass is 16.2. The van der Waals surface area contributed by atoms with Crippen molar-refractivity contribution < 1.29 is 9.59 Å². The highest BCUT2D eigenvalue weighted by molar-refractivity contribution is 5.72. The maximum atomic E-state index is 8.25. The third kappa shape index (κ3) is 5.09. The van der Waals surface area contributed by atoms with E-state index in [4.69, 9.17) is 5.11 Å². The van der Waals surface area contributed by atoms with E-state index >= 15 is 0 Å². The van der Waals surface area contributed by atoms with Crippen LogP contribution in [0.5, 0.6) is 0 Å². The van der Waals surface area contributed by atoms with E-state index in [1.54, 1.807) is 0 Å². The molecule has 0 N–H and O–H groups in total. The first kappa shape index (κ1) is 13.9. The number of aliphatic imine (C=N–C) groups is 1. The maximum Gasteiger partial charge on any atom is 0.298 e. The fraction of sp³-hybridized carbons (Fsp3) is 0.875. The normalized spacial score (nSPS) is 11.8. The lowest BCUT2D eigenvalue weighted by Crippen LogP contribution is -2.48. The Bertz CT molecular complexity index is 136. The summed E-state index contributed by atoms with van der Waals surface area (Å²) >= 11 is 0. The Morgan fingerprint density at radius 3 is 1.50 bits per heavy atom. The summed E-state index contributed by atoms with van der Waals surface area (Å²) in [6.45, 7) is 0. The zero-order valence-electron chi connectivity index (χ0n) is 9.25.